The molecule has 0 aliphatic carbocycles. The molecular formula is C27H23N3O3. The molecule has 1 aromatic heterocycles. The maximum atomic E-state index is 12.8. The second-order valence-corrected chi connectivity index (χ2v) is 7.58. The zero-order valence-corrected chi connectivity index (χ0v) is 18.2. The van der Waals surface area contributed by atoms with Crippen molar-refractivity contribution in [3.05, 3.63) is 96.6 Å². The fourth-order valence-corrected chi connectivity index (χ4v) is 3.88. The Kier molecular flexibility index (Phi) is 5.64. The van der Waals surface area contributed by atoms with E-state index in [2.05, 4.69) is 28.5 Å². The minimum atomic E-state index is -0.232. The predicted molar refractivity (Wildman–Crippen MR) is 130 cm³/mol. The van der Waals surface area contributed by atoms with Crippen LogP contribution in [0.1, 0.15) is 10.4 Å². The third kappa shape index (κ3) is 4.23. The van der Waals surface area contributed by atoms with Crippen LogP contribution >= 0.6 is 0 Å². The van der Waals surface area contributed by atoms with E-state index in [4.69, 9.17) is 9.47 Å². The molecule has 1 amide bonds. The van der Waals surface area contributed by atoms with Crippen LogP contribution in [0.3, 0.4) is 0 Å². The normalized spacial score (nSPS) is 10.9. The van der Waals surface area contributed by atoms with E-state index in [-0.39, 0.29) is 5.91 Å². The number of ether oxygens (including phenoxy) is 2. The van der Waals surface area contributed by atoms with Crippen molar-refractivity contribution in [2.45, 2.75) is 6.54 Å². The van der Waals surface area contributed by atoms with Crippen LogP contribution < -0.4 is 14.8 Å². The molecule has 5 rings (SSSR count). The van der Waals surface area contributed by atoms with Gasteiger partial charge in [-0.05, 0) is 47.9 Å². The topological polar surface area (TPSA) is 65.4 Å². The lowest BCUT2D eigenvalue weighted by molar-refractivity contribution is 0.102. The van der Waals surface area contributed by atoms with Crippen molar-refractivity contribution in [2.75, 3.05) is 19.0 Å². The van der Waals surface area contributed by atoms with Gasteiger partial charge in [0.05, 0.1) is 24.7 Å². The summed E-state index contributed by atoms with van der Waals surface area (Å²) in [5.41, 5.74) is 2.28. The van der Waals surface area contributed by atoms with Crippen LogP contribution in [-0.4, -0.2) is 29.2 Å². The van der Waals surface area contributed by atoms with Crippen molar-refractivity contribution >= 4 is 33.7 Å². The molecule has 0 aliphatic rings. The summed E-state index contributed by atoms with van der Waals surface area (Å²) in [6.45, 7) is 0.960. The molecule has 0 unspecified atom stereocenters. The van der Waals surface area contributed by atoms with Gasteiger partial charge in [0.2, 0.25) is 5.95 Å². The number of benzene rings is 4. The zero-order valence-electron chi connectivity index (χ0n) is 18.2. The summed E-state index contributed by atoms with van der Waals surface area (Å²) in [5.74, 6) is 1.79. The molecule has 0 spiro atoms. The fourth-order valence-electron chi connectivity index (χ4n) is 3.88. The number of hydrogen-bond donors (Lipinski definition) is 1. The van der Waals surface area contributed by atoms with E-state index in [1.54, 1.807) is 31.4 Å². The van der Waals surface area contributed by atoms with Gasteiger partial charge in [-0.15, -0.1) is 0 Å². The van der Waals surface area contributed by atoms with E-state index in [9.17, 15) is 4.79 Å². The molecule has 5 aromatic rings. The number of amides is 1. The second kappa shape index (κ2) is 9.04. The first-order valence-corrected chi connectivity index (χ1v) is 10.7. The predicted octanol–water partition coefficient (Wildman–Crippen LogP) is 5.53. The smallest absolute Gasteiger partial charge is 0.257 e. The quantitative estimate of drug-likeness (QED) is 0.364. The van der Waals surface area contributed by atoms with E-state index >= 15 is 0 Å². The van der Waals surface area contributed by atoms with Crippen molar-refractivity contribution in [3.63, 3.8) is 0 Å². The number of nitrogens with zero attached hydrogens (tertiary/aromatic N) is 2. The average molecular weight is 437 g/mol. The molecule has 1 N–H and O–H groups in total. The summed E-state index contributed by atoms with van der Waals surface area (Å²) < 4.78 is 13.3. The number of carbonyl (C=O) groups is 1. The summed E-state index contributed by atoms with van der Waals surface area (Å²) in [6.07, 6.45) is 0. The summed E-state index contributed by atoms with van der Waals surface area (Å²) in [6, 6.07) is 29.0. The molecule has 6 nitrogen and oxygen atoms in total. The van der Waals surface area contributed by atoms with Gasteiger partial charge in [-0.1, -0.05) is 48.5 Å². The number of carbonyl (C=O) groups excluding carboxylic acids is 1. The van der Waals surface area contributed by atoms with Crippen LogP contribution in [0.25, 0.3) is 21.8 Å². The number of hydrogen-bond acceptors (Lipinski definition) is 4. The van der Waals surface area contributed by atoms with Crippen molar-refractivity contribution in [1.29, 1.82) is 0 Å². The third-order valence-electron chi connectivity index (χ3n) is 5.55. The minimum Gasteiger partial charge on any atom is -0.497 e. The highest BCUT2D eigenvalue weighted by atomic mass is 16.5. The van der Waals surface area contributed by atoms with Crippen molar-refractivity contribution in [2.24, 2.45) is 0 Å². The van der Waals surface area contributed by atoms with Gasteiger partial charge in [0.1, 0.15) is 18.1 Å². The number of aromatic nitrogens is 2. The van der Waals surface area contributed by atoms with Gasteiger partial charge < -0.3 is 14.0 Å². The number of para-hydroxylation sites is 2. The molecule has 6 heteroatoms. The number of anilines is 1. The van der Waals surface area contributed by atoms with Crippen LogP contribution in [0.2, 0.25) is 0 Å². The van der Waals surface area contributed by atoms with Crippen LogP contribution in [0.15, 0.2) is 91.0 Å². The summed E-state index contributed by atoms with van der Waals surface area (Å²) in [4.78, 5) is 17.5. The number of fused-ring (bicyclic) bond motifs is 2. The molecule has 0 radical (unpaired) electrons. The number of rotatable bonds is 7. The summed E-state index contributed by atoms with van der Waals surface area (Å²) >= 11 is 0. The molecule has 0 fully saturated rings. The van der Waals surface area contributed by atoms with E-state index in [1.807, 2.05) is 53.1 Å². The molecular weight excluding hydrogens is 414 g/mol. The Labute approximate surface area is 191 Å². The number of imidazole rings is 1. The standard InChI is InChI=1S/C27H23N3O3/c1-32-21-15-13-20(14-16-21)26(31)29-27-28-23-10-4-5-11-24(23)30(27)17-18-33-25-12-6-8-19-7-2-3-9-22(19)25/h2-16H,17-18H2,1H3,(H,28,29,31). The van der Waals surface area contributed by atoms with Crippen LogP contribution in [0.5, 0.6) is 11.5 Å². The Bertz CT molecular complexity index is 1420. The first kappa shape index (κ1) is 20.6. The van der Waals surface area contributed by atoms with Gasteiger partial charge in [-0.3, -0.25) is 10.1 Å². The zero-order chi connectivity index (χ0) is 22.6. The number of nitrogens with one attached hydrogen (secondary N) is 1. The van der Waals surface area contributed by atoms with Crippen LogP contribution in [-0.2, 0) is 6.54 Å². The lowest BCUT2D eigenvalue weighted by Crippen LogP contribution is -2.18. The molecule has 0 atom stereocenters. The first-order valence-electron chi connectivity index (χ1n) is 10.7. The van der Waals surface area contributed by atoms with Gasteiger partial charge >= 0.3 is 0 Å². The highest BCUT2D eigenvalue weighted by Crippen LogP contribution is 2.26. The molecule has 0 bridgehead atoms. The van der Waals surface area contributed by atoms with Crippen LogP contribution in [0.4, 0.5) is 5.95 Å². The van der Waals surface area contributed by atoms with Gasteiger partial charge in [0.15, 0.2) is 0 Å². The van der Waals surface area contributed by atoms with Crippen molar-refractivity contribution in [3.8, 4) is 11.5 Å². The largest absolute Gasteiger partial charge is 0.497 e. The summed E-state index contributed by atoms with van der Waals surface area (Å²) in [5, 5.41) is 5.16. The molecule has 0 saturated carbocycles. The van der Waals surface area contributed by atoms with Crippen molar-refractivity contribution < 1.29 is 14.3 Å². The van der Waals surface area contributed by atoms with Gasteiger partial charge in [-0.2, -0.15) is 0 Å². The fraction of sp³-hybridized carbons (Fsp3) is 0.111. The Hall–Kier alpha value is -4.32. The number of methoxy groups -OCH3 is 1. The lowest BCUT2D eigenvalue weighted by atomic mass is 10.1. The van der Waals surface area contributed by atoms with Gasteiger partial charge in [-0.25, -0.2) is 4.98 Å². The summed E-state index contributed by atoms with van der Waals surface area (Å²) in [7, 11) is 1.59. The third-order valence-corrected chi connectivity index (χ3v) is 5.55. The minimum absolute atomic E-state index is 0.232. The Morgan fingerprint density at radius 3 is 2.52 bits per heavy atom. The molecule has 0 aliphatic heterocycles. The Morgan fingerprint density at radius 1 is 0.909 bits per heavy atom. The van der Waals surface area contributed by atoms with E-state index < -0.39 is 0 Å². The van der Waals surface area contributed by atoms with E-state index in [1.165, 1.54) is 0 Å². The maximum absolute atomic E-state index is 12.8. The molecule has 4 aromatic carbocycles. The first-order chi connectivity index (χ1) is 16.2. The Balaban J connectivity index is 1.38. The SMILES string of the molecule is COc1ccc(C(=O)Nc2nc3ccccc3n2CCOc2cccc3ccccc23)cc1. The molecule has 0 saturated heterocycles. The average Bonchev–Trinajstić information content (AvgIpc) is 3.21. The maximum Gasteiger partial charge on any atom is 0.257 e. The lowest BCUT2D eigenvalue weighted by Gasteiger charge is -2.13. The highest BCUT2D eigenvalue weighted by Gasteiger charge is 2.15. The van der Waals surface area contributed by atoms with Crippen LogP contribution in [0, 0.1) is 0 Å². The molecule has 33 heavy (non-hydrogen) atoms. The molecule has 1 heterocycles. The van der Waals surface area contributed by atoms with Crippen molar-refractivity contribution in [1.82, 2.24) is 9.55 Å². The Morgan fingerprint density at radius 2 is 1.67 bits per heavy atom. The highest BCUT2D eigenvalue weighted by molar-refractivity contribution is 6.04. The van der Waals surface area contributed by atoms with Gasteiger partial charge in [0, 0.05) is 10.9 Å². The second-order valence-electron chi connectivity index (χ2n) is 7.58. The monoisotopic (exact) mass is 437 g/mol. The van der Waals surface area contributed by atoms with E-state index in [0.29, 0.717) is 30.4 Å². The molecule has 164 valence electrons. The van der Waals surface area contributed by atoms with E-state index in [0.717, 1.165) is 27.6 Å². The van der Waals surface area contributed by atoms with Gasteiger partial charge in [0.25, 0.3) is 5.91 Å².